The maximum atomic E-state index is 14.8. The van der Waals surface area contributed by atoms with Crippen molar-refractivity contribution in [3.05, 3.63) is 65.3 Å². The Morgan fingerprint density at radius 2 is 1.89 bits per heavy atom. The van der Waals surface area contributed by atoms with Crippen LogP contribution in [0.1, 0.15) is 71.7 Å². The van der Waals surface area contributed by atoms with Crippen LogP contribution in [0.3, 0.4) is 0 Å². The van der Waals surface area contributed by atoms with Crippen molar-refractivity contribution in [2.24, 2.45) is 5.92 Å². The Morgan fingerprint density at radius 1 is 1.14 bits per heavy atom. The van der Waals surface area contributed by atoms with Gasteiger partial charge in [-0.05, 0) is 68.5 Å². The van der Waals surface area contributed by atoms with E-state index < -0.39 is 36.1 Å². The van der Waals surface area contributed by atoms with E-state index in [0.29, 0.717) is 36.1 Å². The monoisotopic (exact) mass is 509 g/mol. The van der Waals surface area contributed by atoms with Gasteiger partial charge in [0.2, 0.25) is 5.82 Å². The molecule has 2 aliphatic carbocycles. The van der Waals surface area contributed by atoms with Crippen molar-refractivity contribution in [1.29, 1.82) is 0 Å². The lowest BCUT2D eigenvalue weighted by Gasteiger charge is -2.18. The van der Waals surface area contributed by atoms with Gasteiger partial charge in [0.25, 0.3) is 11.8 Å². The summed E-state index contributed by atoms with van der Waals surface area (Å²) in [5.41, 5.74) is 0.789. The van der Waals surface area contributed by atoms with Crippen LogP contribution in [0.5, 0.6) is 5.75 Å². The van der Waals surface area contributed by atoms with Gasteiger partial charge in [0.05, 0.1) is 17.7 Å². The minimum atomic E-state index is -1.08. The molecule has 2 aromatic carbocycles. The number of nitrogens with one attached hydrogen (secondary N) is 1. The highest BCUT2D eigenvalue weighted by molar-refractivity contribution is 5.99. The number of ketones is 1. The lowest BCUT2D eigenvalue weighted by molar-refractivity contribution is 0.0296. The number of Topliss-reactive ketones (excluding diaryl/α,β-unsaturated/α-hetero) is 1. The van der Waals surface area contributed by atoms with E-state index in [1.807, 2.05) is 6.92 Å². The smallest absolute Gasteiger partial charge is 0.268 e. The third-order valence-corrected chi connectivity index (χ3v) is 6.82. The molecule has 1 amide bonds. The van der Waals surface area contributed by atoms with Gasteiger partial charge >= 0.3 is 0 Å². The van der Waals surface area contributed by atoms with E-state index in [1.165, 1.54) is 12.1 Å². The molecule has 3 aromatic rings. The molecule has 0 radical (unpaired) electrons. The zero-order chi connectivity index (χ0) is 26.1. The van der Waals surface area contributed by atoms with Crippen molar-refractivity contribution < 1.29 is 33.5 Å². The van der Waals surface area contributed by atoms with Gasteiger partial charge in [-0.1, -0.05) is 18.1 Å². The van der Waals surface area contributed by atoms with Crippen LogP contribution in [0.2, 0.25) is 0 Å². The van der Waals surface area contributed by atoms with Crippen molar-refractivity contribution >= 4 is 11.7 Å². The van der Waals surface area contributed by atoms with Crippen LogP contribution in [0, 0.1) is 11.7 Å². The largest absolute Gasteiger partial charge is 0.481 e. The molecule has 0 saturated heterocycles. The number of nitrogens with zero attached hydrogens (tertiary/aromatic N) is 2. The van der Waals surface area contributed by atoms with Crippen molar-refractivity contribution in [3.63, 3.8) is 0 Å². The quantitative estimate of drug-likeness (QED) is 0.373. The fourth-order valence-corrected chi connectivity index (χ4v) is 4.44. The topological polar surface area (TPSA) is 135 Å². The van der Waals surface area contributed by atoms with E-state index in [0.717, 1.165) is 18.9 Å². The predicted octanol–water partition coefficient (Wildman–Crippen LogP) is 3.61. The van der Waals surface area contributed by atoms with Crippen LogP contribution in [0.4, 0.5) is 4.39 Å². The summed E-state index contributed by atoms with van der Waals surface area (Å²) in [6.45, 7) is 1.90. The second kappa shape index (κ2) is 10.4. The first-order valence-corrected chi connectivity index (χ1v) is 12.5. The summed E-state index contributed by atoms with van der Waals surface area (Å²) < 4.78 is 26.2. The van der Waals surface area contributed by atoms with Gasteiger partial charge in [0, 0.05) is 17.0 Å². The van der Waals surface area contributed by atoms with E-state index in [4.69, 9.17) is 9.26 Å². The Bertz CT molecular complexity index is 1290. The normalized spacial score (nSPS) is 22.0. The van der Waals surface area contributed by atoms with Crippen LogP contribution in [-0.4, -0.2) is 50.3 Å². The average Bonchev–Trinajstić information content (AvgIpc) is 3.56. The number of benzene rings is 2. The summed E-state index contributed by atoms with van der Waals surface area (Å²) in [6, 6.07) is 10.3. The lowest BCUT2D eigenvalue weighted by Crippen LogP contribution is -2.43. The number of aliphatic hydroxyl groups excluding tert-OH is 2. The van der Waals surface area contributed by atoms with Crippen molar-refractivity contribution in [1.82, 2.24) is 15.5 Å². The lowest BCUT2D eigenvalue weighted by atomic mass is 10.1. The van der Waals surface area contributed by atoms with Gasteiger partial charge in [-0.3, -0.25) is 9.59 Å². The number of carbonyl (C=O) groups excluding carboxylic acids is 2. The number of amides is 1. The Balaban J connectivity index is 1.25. The first kappa shape index (κ1) is 25.0. The van der Waals surface area contributed by atoms with E-state index in [1.54, 1.807) is 24.3 Å². The molecule has 37 heavy (non-hydrogen) atoms. The fraction of sp³-hybridized carbons (Fsp3) is 0.407. The average molecular weight is 510 g/mol. The number of ether oxygens (including phenoxy) is 1. The molecule has 4 atom stereocenters. The molecular weight excluding hydrogens is 481 g/mol. The molecule has 194 valence electrons. The fourth-order valence-electron chi connectivity index (χ4n) is 4.44. The first-order chi connectivity index (χ1) is 17.8. The molecule has 1 heterocycles. The third-order valence-electron chi connectivity index (χ3n) is 6.82. The van der Waals surface area contributed by atoms with Crippen LogP contribution in [-0.2, 0) is 0 Å². The molecule has 0 unspecified atom stereocenters. The molecule has 0 bridgehead atoms. The highest BCUT2D eigenvalue weighted by Crippen LogP contribution is 2.33. The number of aliphatic hydroxyl groups is 2. The summed E-state index contributed by atoms with van der Waals surface area (Å²) in [6.07, 6.45) is 0.657. The summed E-state index contributed by atoms with van der Waals surface area (Å²) in [5, 5.41) is 26.1. The zero-order valence-corrected chi connectivity index (χ0v) is 20.3. The van der Waals surface area contributed by atoms with Crippen molar-refractivity contribution in [3.8, 4) is 17.1 Å². The Labute approximate surface area is 212 Å². The van der Waals surface area contributed by atoms with Gasteiger partial charge in [-0.25, -0.2) is 4.39 Å². The van der Waals surface area contributed by atoms with Gasteiger partial charge in [-0.2, -0.15) is 4.98 Å². The van der Waals surface area contributed by atoms with Crippen molar-refractivity contribution in [2.75, 3.05) is 0 Å². The van der Waals surface area contributed by atoms with Crippen molar-refractivity contribution in [2.45, 2.75) is 63.4 Å². The maximum absolute atomic E-state index is 14.8. The molecule has 10 heteroatoms. The van der Waals surface area contributed by atoms with E-state index in [-0.39, 0.29) is 29.0 Å². The molecule has 2 fully saturated rings. The van der Waals surface area contributed by atoms with Crippen LogP contribution in [0.25, 0.3) is 11.4 Å². The maximum Gasteiger partial charge on any atom is 0.268 e. The number of halogens is 1. The molecule has 3 N–H and O–H groups in total. The minimum Gasteiger partial charge on any atom is -0.481 e. The molecule has 2 aliphatic rings. The predicted molar refractivity (Wildman–Crippen MR) is 129 cm³/mol. The molecule has 0 aliphatic heterocycles. The standard InChI is InChI=1S/C27H28FN3O6/c1-2-22(36-17-8-5-15(6-9-17)23(33)14-3-4-14)27-30-25(31-37-27)16-7-10-18(19(28)13-16)26(35)29-20-11-12-21(32)24(20)34/h5-10,13-14,20-22,24,32,34H,2-4,11-12H2,1H3,(H,29,35)/t20-,21+,22-,24-/m1/s1. The second-order valence-electron chi connectivity index (χ2n) is 9.54. The molecular formula is C27H28FN3O6. The molecule has 2 saturated carbocycles. The summed E-state index contributed by atoms with van der Waals surface area (Å²) in [7, 11) is 0. The minimum absolute atomic E-state index is 0.141. The molecule has 9 nitrogen and oxygen atoms in total. The number of carbonyl (C=O) groups is 2. The Hall–Kier alpha value is -3.63. The van der Waals surface area contributed by atoms with Gasteiger partial charge in [0.15, 0.2) is 11.9 Å². The van der Waals surface area contributed by atoms with Gasteiger partial charge < -0.3 is 24.8 Å². The molecule has 5 rings (SSSR count). The SMILES string of the molecule is CC[C@@H](Oc1ccc(C(=O)C2CC2)cc1)c1nc(-c2ccc(C(=O)N[C@@H]3CC[C@H](O)[C@@H]3O)c(F)c2)no1. The summed E-state index contributed by atoms with van der Waals surface area (Å²) in [5.74, 6) is -0.242. The van der Waals surface area contributed by atoms with Crippen LogP contribution < -0.4 is 10.1 Å². The molecule has 1 aromatic heterocycles. The number of hydrogen-bond donors (Lipinski definition) is 3. The van der Waals surface area contributed by atoms with Gasteiger partial charge in [-0.15, -0.1) is 0 Å². The summed E-state index contributed by atoms with van der Waals surface area (Å²) >= 11 is 0. The Morgan fingerprint density at radius 3 is 2.51 bits per heavy atom. The zero-order valence-electron chi connectivity index (χ0n) is 20.3. The van der Waals surface area contributed by atoms with Crippen LogP contribution >= 0.6 is 0 Å². The Kier molecular flexibility index (Phi) is 7.03. The van der Waals surface area contributed by atoms with Crippen LogP contribution in [0.15, 0.2) is 47.0 Å². The second-order valence-corrected chi connectivity index (χ2v) is 9.54. The number of rotatable bonds is 9. The highest BCUT2D eigenvalue weighted by Gasteiger charge is 2.35. The highest BCUT2D eigenvalue weighted by atomic mass is 19.1. The number of hydrogen-bond acceptors (Lipinski definition) is 8. The van der Waals surface area contributed by atoms with E-state index in [2.05, 4.69) is 15.5 Å². The summed E-state index contributed by atoms with van der Waals surface area (Å²) in [4.78, 5) is 29.0. The van der Waals surface area contributed by atoms with E-state index in [9.17, 15) is 24.2 Å². The third kappa shape index (κ3) is 5.40. The molecule has 0 spiro atoms. The first-order valence-electron chi connectivity index (χ1n) is 12.5. The van der Waals surface area contributed by atoms with Gasteiger partial charge in [0.1, 0.15) is 17.7 Å². The number of aromatic nitrogens is 2. The van der Waals surface area contributed by atoms with E-state index >= 15 is 0 Å².